The average Bonchev–Trinajstić information content (AvgIpc) is 2.53. The Kier molecular flexibility index (Phi) is 4.98. The van der Waals surface area contributed by atoms with Crippen molar-refractivity contribution in [2.24, 2.45) is 0 Å². The van der Waals surface area contributed by atoms with E-state index in [0.29, 0.717) is 13.0 Å². The second-order valence-electron chi connectivity index (χ2n) is 4.97. The molecule has 1 heterocycles. The molecule has 4 nitrogen and oxygen atoms in total. The number of carbonyl (C=O) groups is 1. The highest BCUT2D eigenvalue weighted by molar-refractivity contribution is 5.77. The predicted molar refractivity (Wildman–Crippen MR) is 60.0 cm³/mol. The topological polar surface area (TPSA) is 43.8 Å². The Hall–Kier alpha value is -0.820. The van der Waals surface area contributed by atoms with Gasteiger partial charge in [-0.25, -0.2) is 0 Å². The van der Waals surface area contributed by atoms with E-state index in [-0.39, 0.29) is 12.6 Å². The van der Waals surface area contributed by atoms with Crippen molar-refractivity contribution in [3.8, 4) is 0 Å². The summed E-state index contributed by atoms with van der Waals surface area (Å²) in [7, 11) is 3.64. The van der Waals surface area contributed by atoms with E-state index >= 15 is 0 Å². The highest BCUT2D eigenvalue weighted by Crippen LogP contribution is 2.24. The third-order valence-electron chi connectivity index (χ3n) is 2.91. The molecule has 18 heavy (non-hydrogen) atoms. The first-order valence-corrected chi connectivity index (χ1v) is 5.88. The van der Waals surface area contributed by atoms with Crippen LogP contribution in [0.5, 0.6) is 0 Å². The van der Waals surface area contributed by atoms with Crippen LogP contribution in [0.3, 0.4) is 0 Å². The van der Waals surface area contributed by atoms with Crippen LogP contribution >= 0.6 is 0 Å². The molecule has 0 bridgehead atoms. The lowest BCUT2D eigenvalue weighted by Gasteiger charge is -2.27. The molecule has 0 aromatic heterocycles. The number of likely N-dealkylation sites (N-methyl/N-ethyl adjacent to an activating group) is 1. The van der Waals surface area contributed by atoms with E-state index in [1.165, 1.54) is 4.90 Å². The largest absolute Gasteiger partial charge is 0.391 e. The number of hydrogen-bond donors (Lipinski definition) is 1. The monoisotopic (exact) mass is 268 g/mol. The Morgan fingerprint density at radius 3 is 2.56 bits per heavy atom. The second-order valence-corrected chi connectivity index (χ2v) is 4.97. The minimum atomic E-state index is -4.31. The van der Waals surface area contributed by atoms with Gasteiger partial charge in [-0.2, -0.15) is 13.2 Å². The van der Waals surface area contributed by atoms with E-state index in [4.69, 9.17) is 0 Å². The molecule has 0 spiro atoms. The van der Waals surface area contributed by atoms with Gasteiger partial charge in [-0.3, -0.25) is 4.79 Å². The number of halogens is 3. The number of likely N-dealkylation sites (tertiary alicyclic amines) is 1. The Balaban J connectivity index is 2.54. The number of hydrogen-bond acceptors (Lipinski definition) is 3. The van der Waals surface area contributed by atoms with Crippen molar-refractivity contribution in [2.75, 3.05) is 27.2 Å². The molecular weight excluding hydrogens is 249 g/mol. The Labute approximate surface area is 104 Å². The lowest BCUT2D eigenvalue weighted by atomic mass is 10.2. The first kappa shape index (κ1) is 15.2. The summed E-state index contributed by atoms with van der Waals surface area (Å²) in [5.41, 5.74) is 0. The molecule has 0 saturated carbocycles. The normalized spacial score (nSPS) is 24.9. The van der Waals surface area contributed by atoms with E-state index in [1.54, 1.807) is 0 Å². The SMILES string of the molecule is CN(C)CC1CC(O)CN1C(=O)CCC(F)(F)F. The lowest BCUT2D eigenvalue weighted by molar-refractivity contribution is -0.149. The van der Waals surface area contributed by atoms with Crippen molar-refractivity contribution in [3.05, 3.63) is 0 Å². The van der Waals surface area contributed by atoms with Crippen molar-refractivity contribution >= 4 is 5.91 Å². The minimum Gasteiger partial charge on any atom is -0.391 e. The van der Waals surface area contributed by atoms with Gasteiger partial charge in [0.25, 0.3) is 0 Å². The molecule has 1 aliphatic rings. The molecular formula is C11H19F3N2O2. The van der Waals surface area contributed by atoms with Gasteiger partial charge in [-0.05, 0) is 20.5 Å². The summed E-state index contributed by atoms with van der Waals surface area (Å²) in [6.07, 6.45) is -6.17. The summed E-state index contributed by atoms with van der Waals surface area (Å²) >= 11 is 0. The summed E-state index contributed by atoms with van der Waals surface area (Å²) in [6, 6.07) is -0.198. The van der Waals surface area contributed by atoms with Crippen LogP contribution < -0.4 is 0 Å². The molecule has 1 N–H and O–H groups in total. The highest BCUT2D eigenvalue weighted by Gasteiger charge is 2.36. The number of aliphatic hydroxyl groups is 1. The van der Waals surface area contributed by atoms with Crippen molar-refractivity contribution in [2.45, 2.75) is 37.6 Å². The fourth-order valence-corrected chi connectivity index (χ4v) is 2.18. The van der Waals surface area contributed by atoms with Crippen LogP contribution in [0.1, 0.15) is 19.3 Å². The minimum absolute atomic E-state index is 0.134. The smallest absolute Gasteiger partial charge is 0.389 e. The number of amides is 1. The van der Waals surface area contributed by atoms with Crippen LogP contribution in [-0.4, -0.2) is 66.3 Å². The molecule has 106 valence electrons. The van der Waals surface area contributed by atoms with Crippen molar-refractivity contribution in [1.82, 2.24) is 9.80 Å². The van der Waals surface area contributed by atoms with Crippen LogP contribution in [0.15, 0.2) is 0 Å². The fraction of sp³-hybridized carbons (Fsp3) is 0.909. The maximum atomic E-state index is 12.1. The predicted octanol–water partition coefficient (Wildman–Crippen LogP) is 0.852. The Morgan fingerprint density at radius 2 is 2.06 bits per heavy atom. The zero-order valence-electron chi connectivity index (χ0n) is 10.6. The maximum Gasteiger partial charge on any atom is 0.389 e. The average molecular weight is 268 g/mol. The van der Waals surface area contributed by atoms with E-state index < -0.39 is 31.0 Å². The number of nitrogens with zero attached hydrogens (tertiary/aromatic N) is 2. The zero-order valence-corrected chi connectivity index (χ0v) is 10.6. The fourth-order valence-electron chi connectivity index (χ4n) is 2.18. The molecule has 1 amide bonds. The van der Waals surface area contributed by atoms with Gasteiger partial charge in [0.15, 0.2) is 0 Å². The number of β-amino-alcohol motifs (C(OH)–C–C–N with tert-alkyl or cyclic N) is 1. The molecule has 7 heteroatoms. The van der Waals surface area contributed by atoms with Gasteiger partial charge in [0.1, 0.15) is 0 Å². The number of carbonyl (C=O) groups excluding carboxylic acids is 1. The standard InChI is InChI=1S/C11H19F3N2O2/c1-15(2)6-8-5-9(17)7-16(8)10(18)3-4-11(12,13)14/h8-9,17H,3-7H2,1-2H3. The molecule has 2 unspecified atom stereocenters. The van der Waals surface area contributed by atoms with E-state index in [9.17, 15) is 23.1 Å². The first-order valence-electron chi connectivity index (χ1n) is 5.88. The number of aliphatic hydroxyl groups excluding tert-OH is 1. The van der Waals surface area contributed by atoms with Crippen molar-refractivity contribution < 1.29 is 23.1 Å². The molecule has 0 aromatic rings. The quantitative estimate of drug-likeness (QED) is 0.822. The maximum absolute atomic E-state index is 12.1. The summed E-state index contributed by atoms with van der Waals surface area (Å²) in [5, 5.41) is 9.53. The molecule has 1 aliphatic heterocycles. The molecule has 0 aromatic carbocycles. The highest BCUT2D eigenvalue weighted by atomic mass is 19.4. The van der Waals surface area contributed by atoms with Crippen molar-refractivity contribution in [3.63, 3.8) is 0 Å². The number of rotatable bonds is 4. The van der Waals surface area contributed by atoms with Gasteiger partial charge in [-0.15, -0.1) is 0 Å². The zero-order chi connectivity index (χ0) is 13.9. The summed E-state index contributed by atoms with van der Waals surface area (Å²) in [6.45, 7) is 0.685. The van der Waals surface area contributed by atoms with Crippen LogP contribution in [-0.2, 0) is 4.79 Å². The first-order chi connectivity index (χ1) is 8.19. The van der Waals surface area contributed by atoms with Crippen LogP contribution in [0.4, 0.5) is 13.2 Å². The third-order valence-corrected chi connectivity index (χ3v) is 2.91. The molecule has 1 fully saturated rings. The van der Waals surface area contributed by atoms with Gasteiger partial charge >= 0.3 is 6.18 Å². The molecule has 0 radical (unpaired) electrons. The lowest BCUT2D eigenvalue weighted by Crippen LogP contribution is -2.41. The molecule has 2 atom stereocenters. The molecule has 1 saturated heterocycles. The van der Waals surface area contributed by atoms with Crippen molar-refractivity contribution in [1.29, 1.82) is 0 Å². The van der Waals surface area contributed by atoms with E-state index in [2.05, 4.69) is 0 Å². The Bertz CT molecular complexity index is 295. The summed E-state index contributed by atoms with van der Waals surface area (Å²) in [5.74, 6) is -0.532. The summed E-state index contributed by atoms with van der Waals surface area (Å²) in [4.78, 5) is 15.0. The van der Waals surface area contributed by atoms with Crippen LogP contribution in [0.2, 0.25) is 0 Å². The second kappa shape index (κ2) is 5.88. The van der Waals surface area contributed by atoms with E-state index in [1.807, 2.05) is 19.0 Å². The third kappa shape index (κ3) is 4.81. The van der Waals surface area contributed by atoms with Crippen LogP contribution in [0, 0.1) is 0 Å². The Morgan fingerprint density at radius 1 is 1.44 bits per heavy atom. The van der Waals surface area contributed by atoms with Gasteiger partial charge in [0.05, 0.1) is 12.5 Å². The molecule has 0 aliphatic carbocycles. The van der Waals surface area contributed by atoms with Crippen LogP contribution in [0.25, 0.3) is 0 Å². The van der Waals surface area contributed by atoms with Gasteiger partial charge in [-0.1, -0.05) is 0 Å². The van der Waals surface area contributed by atoms with E-state index in [0.717, 1.165) is 0 Å². The summed E-state index contributed by atoms with van der Waals surface area (Å²) < 4.78 is 36.2. The van der Waals surface area contributed by atoms with Gasteiger partial charge < -0.3 is 14.9 Å². The van der Waals surface area contributed by atoms with Gasteiger partial charge in [0.2, 0.25) is 5.91 Å². The molecule has 1 rings (SSSR count). The number of alkyl halides is 3. The van der Waals surface area contributed by atoms with Gasteiger partial charge in [0, 0.05) is 25.6 Å².